The highest BCUT2D eigenvalue weighted by Crippen LogP contribution is 2.27. The van der Waals surface area contributed by atoms with Gasteiger partial charge in [0.25, 0.3) is 0 Å². The third-order valence-corrected chi connectivity index (χ3v) is 3.97. The second-order valence-corrected chi connectivity index (χ2v) is 6.34. The van der Waals surface area contributed by atoms with Crippen LogP contribution in [0.25, 0.3) is 0 Å². The summed E-state index contributed by atoms with van der Waals surface area (Å²) in [5.74, 6) is 0.936. The molecular weight excluding hydrogens is 287 g/mol. The summed E-state index contributed by atoms with van der Waals surface area (Å²) in [6.45, 7) is 1.28. The van der Waals surface area contributed by atoms with Gasteiger partial charge in [0.05, 0.1) is 0 Å². The molecule has 14 heavy (non-hydrogen) atoms. The van der Waals surface area contributed by atoms with Crippen molar-refractivity contribution in [1.82, 2.24) is 8.01 Å². The lowest BCUT2D eigenvalue weighted by atomic mass is 10.00. The molecule has 0 saturated heterocycles. The predicted molar refractivity (Wildman–Crippen MR) is 70.7 cm³/mol. The molecule has 0 heterocycles. The van der Waals surface area contributed by atoms with Crippen molar-refractivity contribution in [3.05, 3.63) is 0 Å². The van der Waals surface area contributed by atoms with E-state index >= 15 is 0 Å². The number of hydrogen-bond acceptors (Lipinski definition) is 2. The SMILES string of the molecule is CN(C)CC1CCCC(N(C)I)CC1. The molecule has 0 aromatic heterocycles. The summed E-state index contributed by atoms with van der Waals surface area (Å²) in [4.78, 5) is 2.33. The minimum absolute atomic E-state index is 0.822. The Hall–Kier alpha value is 0.650. The van der Waals surface area contributed by atoms with E-state index in [4.69, 9.17) is 0 Å². The van der Waals surface area contributed by atoms with Crippen LogP contribution in [0, 0.1) is 5.92 Å². The van der Waals surface area contributed by atoms with E-state index < -0.39 is 0 Å². The summed E-state index contributed by atoms with van der Waals surface area (Å²) in [5, 5.41) is 0. The van der Waals surface area contributed by atoms with E-state index in [1.165, 1.54) is 38.6 Å². The lowest BCUT2D eigenvalue weighted by Crippen LogP contribution is -2.23. The third kappa shape index (κ3) is 4.45. The van der Waals surface area contributed by atoms with Gasteiger partial charge >= 0.3 is 0 Å². The fourth-order valence-corrected chi connectivity index (χ4v) is 2.97. The molecule has 1 aliphatic carbocycles. The molecule has 0 bridgehead atoms. The summed E-state index contributed by atoms with van der Waals surface area (Å²) in [5.41, 5.74) is 0. The average molecular weight is 310 g/mol. The average Bonchev–Trinajstić information content (AvgIpc) is 2.28. The Morgan fingerprint density at radius 2 is 1.79 bits per heavy atom. The van der Waals surface area contributed by atoms with Crippen LogP contribution >= 0.6 is 22.9 Å². The van der Waals surface area contributed by atoms with Crippen molar-refractivity contribution in [2.24, 2.45) is 5.92 Å². The second kappa shape index (κ2) is 6.28. The van der Waals surface area contributed by atoms with Crippen molar-refractivity contribution >= 4 is 22.9 Å². The quantitative estimate of drug-likeness (QED) is 0.449. The fourth-order valence-electron chi connectivity index (χ4n) is 2.41. The first-order chi connectivity index (χ1) is 6.59. The minimum Gasteiger partial charge on any atom is -0.309 e. The predicted octanol–water partition coefficient (Wildman–Crippen LogP) is 2.78. The zero-order valence-corrected chi connectivity index (χ0v) is 11.8. The van der Waals surface area contributed by atoms with Gasteiger partial charge in [0.1, 0.15) is 0 Å². The Morgan fingerprint density at radius 3 is 2.36 bits per heavy atom. The monoisotopic (exact) mass is 310 g/mol. The van der Waals surface area contributed by atoms with Crippen LogP contribution in [0.1, 0.15) is 32.1 Å². The molecule has 1 rings (SSSR count). The normalized spacial score (nSPS) is 29.6. The van der Waals surface area contributed by atoms with E-state index in [1.54, 1.807) is 0 Å². The summed E-state index contributed by atoms with van der Waals surface area (Å²) >= 11 is 2.43. The van der Waals surface area contributed by atoms with E-state index in [2.05, 4.69) is 52.0 Å². The van der Waals surface area contributed by atoms with Crippen molar-refractivity contribution in [3.63, 3.8) is 0 Å². The molecule has 1 fully saturated rings. The van der Waals surface area contributed by atoms with Crippen LogP contribution in [0.3, 0.4) is 0 Å². The van der Waals surface area contributed by atoms with Crippen molar-refractivity contribution < 1.29 is 0 Å². The van der Waals surface area contributed by atoms with Crippen LogP contribution in [0.5, 0.6) is 0 Å². The maximum absolute atomic E-state index is 2.43. The van der Waals surface area contributed by atoms with Gasteiger partial charge in [-0.25, -0.2) is 3.11 Å². The van der Waals surface area contributed by atoms with Gasteiger partial charge in [-0.05, 0) is 52.7 Å². The van der Waals surface area contributed by atoms with Crippen LogP contribution in [-0.4, -0.2) is 41.7 Å². The summed E-state index contributed by atoms with van der Waals surface area (Å²) in [6.07, 6.45) is 7.03. The maximum atomic E-state index is 2.43. The molecule has 1 saturated carbocycles. The van der Waals surface area contributed by atoms with Crippen LogP contribution < -0.4 is 0 Å². The van der Waals surface area contributed by atoms with Gasteiger partial charge in [0.2, 0.25) is 0 Å². The molecule has 84 valence electrons. The van der Waals surface area contributed by atoms with Crippen molar-refractivity contribution in [1.29, 1.82) is 0 Å². The van der Waals surface area contributed by atoms with Crippen molar-refractivity contribution in [3.8, 4) is 0 Å². The zero-order chi connectivity index (χ0) is 10.6. The zero-order valence-electron chi connectivity index (χ0n) is 9.67. The van der Waals surface area contributed by atoms with E-state index in [0.717, 1.165) is 12.0 Å². The minimum atomic E-state index is 0.822. The highest BCUT2D eigenvalue weighted by atomic mass is 127. The Labute approximate surface area is 103 Å². The van der Waals surface area contributed by atoms with Crippen LogP contribution in [0.15, 0.2) is 0 Å². The van der Waals surface area contributed by atoms with Crippen LogP contribution in [-0.2, 0) is 0 Å². The Kier molecular flexibility index (Phi) is 5.71. The number of nitrogens with zero attached hydrogens (tertiary/aromatic N) is 2. The largest absolute Gasteiger partial charge is 0.309 e. The first-order valence-corrected chi connectivity index (χ1v) is 6.59. The summed E-state index contributed by atoms with van der Waals surface area (Å²) in [6, 6.07) is 0.822. The standard InChI is InChI=1S/C11H23IN2/c1-13(2)9-10-5-4-6-11(8-7-10)14(3)12/h10-11H,4-9H2,1-3H3. The molecule has 0 N–H and O–H groups in total. The van der Waals surface area contributed by atoms with Gasteiger partial charge in [-0.3, -0.25) is 0 Å². The lowest BCUT2D eigenvalue weighted by Gasteiger charge is -2.21. The summed E-state index contributed by atoms with van der Waals surface area (Å²) < 4.78 is 2.37. The van der Waals surface area contributed by atoms with Gasteiger partial charge in [-0.2, -0.15) is 0 Å². The Bertz CT molecular complexity index is 159. The fraction of sp³-hybridized carbons (Fsp3) is 1.00. The van der Waals surface area contributed by atoms with Gasteiger partial charge in [0, 0.05) is 35.5 Å². The molecule has 0 spiro atoms. The molecule has 2 atom stereocenters. The molecule has 2 nitrogen and oxygen atoms in total. The number of hydrogen-bond donors (Lipinski definition) is 0. The van der Waals surface area contributed by atoms with Crippen molar-refractivity contribution in [2.75, 3.05) is 27.7 Å². The van der Waals surface area contributed by atoms with E-state index in [0.29, 0.717) is 0 Å². The first kappa shape index (κ1) is 12.7. The molecular formula is C11H23IN2. The summed E-state index contributed by atoms with van der Waals surface area (Å²) in [7, 11) is 6.58. The maximum Gasteiger partial charge on any atom is 0.0201 e. The lowest BCUT2D eigenvalue weighted by molar-refractivity contribution is 0.298. The van der Waals surface area contributed by atoms with E-state index in [1.807, 2.05) is 0 Å². The molecule has 2 unspecified atom stereocenters. The molecule has 0 radical (unpaired) electrons. The number of halogens is 1. The van der Waals surface area contributed by atoms with Crippen molar-refractivity contribution in [2.45, 2.75) is 38.1 Å². The van der Waals surface area contributed by atoms with Gasteiger partial charge < -0.3 is 4.90 Å². The van der Waals surface area contributed by atoms with Gasteiger partial charge in [0.15, 0.2) is 0 Å². The second-order valence-electron chi connectivity index (χ2n) is 4.82. The third-order valence-electron chi connectivity index (χ3n) is 3.18. The molecule has 0 aliphatic heterocycles. The molecule has 3 heteroatoms. The van der Waals surface area contributed by atoms with E-state index in [9.17, 15) is 0 Å². The van der Waals surface area contributed by atoms with Gasteiger partial charge in [-0.1, -0.05) is 6.42 Å². The Balaban J connectivity index is 2.33. The molecule has 1 aliphatic rings. The number of rotatable bonds is 3. The smallest absolute Gasteiger partial charge is 0.0201 e. The van der Waals surface area contributed by atoms with E-state index in [-0.39, 0.29) is 0 Å². The molecule has 0 amide bonds. The van der Waals surface area contributed by atoms with Gasteiger partial charge in [-0.15, -0.1) is 0 Å². The highest BCUT2D eigenvalue weighted by molar-refractivity contribution is 14.1. The molecule has 0 aromatic rings. The Morgan fingerprint density at radius 1 is 1.07 bits per heavy atom. The van der Waals surface area contributed by atoms with Crippen LogP contribution in [0.4, 0.5) is 0 Å². The molecule has 0 aromatic carbocycles. The highest BCUT2D eigenvalue weighted by Gasteiger charge is 2.20. The van der Waals surface area contributed by atoms with Crippen LogP contribution in [0.2, 0.25) is 0 Å². The topological polar surface area (TPSA) is 6.48 Å². The first-order valence-electron chi connectivity index (χ1n) is 5.63.